The summed E-state index contributed by atoms with van der Waals surface area (Å²) in [5.74, 6) is 0. The van der Waals surface area contributed by atoms with Crippen molar-refractivity contribution in [2.75, 3.05) is 37.6 Å². The molecule has 23 heavy (non-hydrogen) atoms. The molecular weight excluding hydrogens is 356 g/mol. The molecule has 0 saturated carbocycles. The van der Waals surface area contributed by atoms with Crippen molar-refractivity contribution in [3.8, 4) is 0 Å². The summed E-state index contributed by atoms with van der Waals surface area (Å²) < 4.78 is 1.96. The lowest BCUT2D eigenvalue weighted by molar-refractivity contribution is 0.261. The molecule has 1 aromatic heterocycles. The van der Waals surface area contributed by atoms with Crippen LogP contribution in [0.1, 0.15) is 5.56 Å². The van der Waals surface area contributed by atoms with Gasteiger partial charge >= 0.3 is 0 Å². The minimum Gasteiger partial charge on any atom is -0.367 e. The number of hydrogen-bond acceptors (Lipinski definition) is 4. The molecule has 0 aliphatic carbocycles. The number of aromatic nitrogens is 2. The van der Waals surface area contributed by atoms with E-state index in [4.69, 9.17) is 0 Å². The minimum atomic E-state index is -0.0889. The molecular formula is C17H21BrN4O. The lowest BCUT2D eigenvalue weighted by Crippen LogP contribution is -2.47. The Labute approximate surface area is 144 Å². The van der Waals surface area contributed by atoms with E-state index in [1.807, 2.05) is 0 Å². The maximum atomic E-state index is 12.0. The van der Waals surface area contributed by atoms with Gasteiger partial charge in [-0.1, -0.05) is 30.3 Å². The van der Waals surface area contributed by atoms with Gasteiger partial charge in [0.1, 0.15) is 4.47 Å². The molecule has 0 unspecified atom stereocenters. The first-order valence-corrected chi connectivity index (χ1v) is 8.67. The van der Waals surface area contributed by atoms with Crippen molar-refractivity contribution < 1.29 is 0 Å². The molecule has 5 nitrogen and oxygen atoms in total. The van der Waals surface area contributed by atoms with Gasteiger partial charge < -0.3 is 4.90 Å². The summed E-state index contributed by atoms with van der Waals surface area (Å²) in [7, 11) is 1.67. The predicted octanol–water partition coefficient (Wildman–Crippen LogP) is 1.91. The van der Waals surface area contributed by atoms with Crippen LogP contribution < -0.4 is 10.5 Å². The molecule has 1 aromatic carbocycles. The molecule has 3 rings (SSSR count). The molecule has 6 heteroatoms. The zero-order valence-corrected chi connectivity index (χ0v) is 14.9. The van der Waals surface area contributed by atoms with Gasteiger partial charge in [0, 0.05) is 39.8 Å². The lowest BCUT2D eigenvalue weighted by Gasteiger charge is -2.36. The van der Waals surface area contributed by atoms with E-state index in [9.17, 15) is 4.79 Å². The molecule has 0 amide bonds. The largest absolute Gasteiger partial charge is 0.367 e. The van der Waals surface area contributed by atoms with Crippen LogP contribution in [-0.2, 0) is 13.5 Å². The number of aryl methyl sites for hydroxylation is 1. The summed E-state index contributed by atoms with van der Waals surface area (Å²) >= 11 is 3.41. The quantitative estimate of drug-likeness (QED) is 0.817. The summed E-state index contributed by atoms with van der Waals surface area (Å²) in [6.07, 6.45) is 2.85. The molecule has 0 spiro atoms. The monoisotopic (exact) mass is 376 g/mol. The van der Waals surface area contributed by atoms with Gasteiger partial charge in [-0.05, 0) is 27.9 Å². The van der Waals surface area contributed by atoms with Crippen LogP contribution in [0.25, 0.3) is 0 Å². The average molecular weight is 377 g/mol. The topological polar surface area (TPSA) is 41.4 Å². The maximum Gasteiger partial charge on any atom is 0.282 e. The Morgan fingerprint density at radius 2 is 1.83 bits per heavy atom. The molecule has 0 bridgehead atoms. The van der Waals surface area contributed by atoms with Crippen LogP contribution in [-0.4, -0.2) is 47.4 Å². The predicted molar refractivity (Wildman–Crippen MR) is 96.0 cm³/mol. The third-order valence-electron chi connectivity index (χ3n) is 4.33. The molecule has 1 aliphatic heterocycles. The van der Waals surface area contributed by atoms with Crippen LogP contribution in [0.2, 0.25) is 0 Å². The number of nitrogens with zero attached hydrogens (tertiary/aromatic N) is 4. The second-order valence-electron chi connectivity index (χ2n) is 5.84. The van der Waals surface area contributed by atoms with E-state index < -0.39 is 0 Å². The molecule has 1 aliphatic rings. The third kappa shape index (κ3) is 3.82. The fourth-order valence-electron chi connectivity index (χ4n) is 2.87. The van der Waals surface area contributed by atoms with Crippen molar-refractivity contribution >= 4 is 21.6 Å². The van der Waals surface area contributed by atoms with Crippen LogP contribution >= 0.6 is 15.9 Å². The van der Waals surface area contributed by atoms with Crippen molar-refractivity contribution in [2.24, 2.45) is 7.05 Å². The zero-order valence-electron chi connectivity index (χ0n) is 13.3. The van der Waals surface area contributed by atoms with Crippen molar-refractivity contribution in [3.63, 3.8) is 0 Å². The Morgan fingerprint density at radius 3 is 2.52 bits per heavy atom. The minimum absolute atomic E-state index is 0.0889. The summed E-state index contributed by atoms with van der Waals surface area (Å²) in [5.41, 5.74) is 2.19. The summed E-state index contributed by atoms with van der Waals surface area (Å²) in [6.45, 7) is 4.93. The molecule has 1 fully saturated rings. The Balaban J connectivity index is 1.56. The number of benzene rings is 1. The van der Waals surface area contributed by atoms with Crippen LogP contribution in [0, 0.1) is 0 Å². The van der Waals surface area contributed by atoms with Gasteiger partial charge in [0.15, 0.2) is 0 Å². The standard InChI is InChI=1S/C17H21BrN4O/c1-20-17(23)16(18)15(13-19-20)22-11-9-21(10-12-22)8-7-14-5-3-2-4-6-14/h2-6,13H,7-12H2,1H3. The maximum absolute atomic E-state index is 12.0. The number of piperazine rings is 1. The first kappa shape index (κ1) is 16.2. The number of anilines is 1. The third-order valence-corrected chi connectivity index (χ3v) is 5.08. The second kappa shape index (κ2) is 7.27. The molecule has 2 heterocycles. The van der Waals surface area contributed by atoms with E-state index in [0.717, 1.165) is 44.8 Å². The van der Waals surface area contributed by atoms with E-state index in [1.165, 1.54) is 10.2 Å². The number of hydrogen-bond donors (Lipinski definition) is 0. The first-order valence-electron chi connectivity index (χ1n) is 7.88. The number of halogens is 1. The molecule has 2 aromatic rings. The van der Waals surface area contributed by atoms with Crippen molar-refractivity contribution in [2.45, 2.75) is 6.42 Å². The van der Waals surface area contributed by atoms with Gasteiger partial charge in [0.25, 0.3) is 5.56 Å². The van der Waals surface area contributed by atoms with Crippen LogP contribution in [0.4, 0.5) is 5.69 Å². The van der Waals surface area contributed by atoms with Gasteiger partial charge in [0.05, 0.1) is 11.9 Å². The Kier molecular flexibility index (Phi) is 5.13. The molecule has 122 valence electrons. The van der Waals surface area contributed by atoms with Gasteiger partial charge in [0.2, 0.25) is 0 Å². The highest BCUT2D eigenvalue weighted by Crippen LogP contribution is 2.22. The van der Waals surface area contributed by atoms with Crippen LogP contribution in [0.15, 0.2) is 45.8 Å². The van der Waals surface area contributed by atoms with E-state index in [1.54, 1.807) is 13.2 Å². The zero-order chi connectivity index (χ0) is 16.2. The van der Waals surface area contributed by atoms with Crippen molar-refractivity contribution in [3.05, 3.63) is 56.9 Å². The summed E-state index contributed by atoms with van der Waals surface area (Å²) in [6, 6.07) is 10.6. The van der Waals surface area contributed by atoms with Gasteiger partial charge in [-0.3, -0.25) is 9.69 Å². The fraction of sp³-hybridized carbons (Fsp3) is 0.412. The van der Waals surface area contributed by atoms with Crippen molar-refractivity contribution in [1.82, 2.24) is 14.7 Å². The van der Waals surface area contributed by atoms with Gasteiger partial charge in [-0.2, -0.15) is 5.10 Å². The van der Waals surface area contributed by atoms with Crippen LogP contribution in [0.3, 0.4) is 0 Å². The highest BCUT2D eigenvalue weighted by atomic mass is 79.9. The highest BCUT2D eigenvalue weighted by molar-refractivity contribution is 9.10. The number of rotatable bonds is 4. The SMILES string of the molecule is Cn1ncc(N2CCN(CCc3ccccc3)CC2)c(Br)c1=O. The Bertz CT molecular complexity index is 708. The summed E-state index contributed by atoms with van der Waals surface area (Å²) in [4.78, 5) is 16.7. The second-order valence-corrected chi connectivity index (χ2v) is 6.63. The fourth-order valence-corrected chi connectivity index (χ4v) is 3.48. The Morgan fingerprint density at radius 1 is 1.13 bits per heavy atom. The van der Waals surface area contributed by atoms with Crippen LogP contribution in [0.5, 0.6) is 0 Å². The summed E-state index contributed by atoms with van der Waals surface area (Å²) in [5, 5.41) is 4.13. The molecule has 0 N–H and O–H groups in total. The van der Waals surface area contributed by atoms with Gasteiger partial charge in [-0.25, -0.2) is 4.68 Å². The van der Waals surface area contributed by atoms with E-state index in [0.29, 0.717) is 4.47 Å². The van der Waals surface area contributed by atoms with Crippen molar-refractivity contribution in [1.29, 1.82) is 0 Å². The van der Waals surface area contributed by atoms with E-state index >= 15 is 0 Å². The smallest absolute Gasteiger partial charge is 0.282 e. The Hall–Kier alpha value is -1.66. The van der Waals surface area contributed by atoms with Gasteiger partial charge in [-0.15, -0.1) is 0 Å². The highest BCUT2D eigenvalue weighted by Gasteiger charge is 2.20. The van der Waals surface area contributed by atoms with E-state index in [-0.39, 0.29) is 5.56 Å². The molecule has 0 atom stereocenters. The average Bonchev–Trinajstić information content (AvgIpc) is 2.60. The normalized spacial score (nSPS) is 15.8. The first-order chi connectivity index (χ1) is 11.1. The molecule has 1 saturated heterocycles. The molecule has 0 radical (unpaired) electrons. The lowest BCUT2D eigenvalue weighted by atomic mass is 10.1. The van der Waals surface area contributed by atoms with E-state index in [2.05, 4.69) is 61.2 Å².